The first-order valence-corrected chi connectivity index (χ1v) is 5.45. The van der Waals surface area contributed by atoms with Crippen molar-refractivity contribution in [2.45, 2.75) is 13.2 Å². The normalized spacial score (nSPS) is 10.2. The van der Waals surface area contributed by atoms with Crippen molar-refractivity contribution in [1.29, 1.82) is 0 Å². The lowest BCUT2D eigenvalue weighted by molar-refractivity contribution is 1.40. The van der Waals surface area contributed by atoms with E-state index in [0.717, 1.165) is 6.32 Å². The Morgan fingerprint density at radius 2 is 1.27 bits per heavy atom. The van der Waals surface area contributed by atoms with Crippen molar-refractivity contribution < 1.29 is 0 Å². The van der Waals surface area contributed by atoms with Gasteiger partial charge < -0.3 is 0 Å². The second-order valence-electron chi connectivity index (χ2n) is 3.92. The average Bonchev–Trinajstić information content (AvgIpc) is 2.30. The molecule has 15 heavy (non-hydrogen) atoms. The molecule has 0 amide bonds. The van der Waals surface area contributed by atoms with Gasteiger partial charge in [-0.2, -0.15) is 0 Å². The van der Waals surface area contributed by atoms with Crippen LogP contribution in [0.3, 0.4) is 0 Å². The van der Waals surface area contributed by atoms with E-state index in [2.05, 4.69) is 63.3 Å². The van der Waals surface area contributed by atoms with Crippen LogP contribution in [0.4, 0.5) is 0 Å². The molecule has 0 aliphatic heterocycles. The van der Waals surface area contributed by atoms with Crippen molar-refractivity contribution in [2.75, 3.05) is 0 Å². The third-order valence-corrected chi connectivity index (χ3v) is 2.75. The Morgan fingerprint density at radius 1 is 0.800 bits per heavy atom. The maximum absolute atomic E-state index is 2.20. The van der Waals surface area contributed by atoms with E-state index in [1.54, 1.807) is 0 Å². The zero-order valence-corrected chi connectivity index (χ0v) is 9.33. The zero-order valence-electron chi connectivity index (χ0n) is 9.33. The highest BCUT2D eigenvalue weighted by Crippen LogP contribution is 2.20. The van der Waals surface area contributed by atoms with E-state index >= 15 is 0 Å². The number of rotatable bonds is 2. The van der Waals surface area contributed by atoms with Gasteiger partial charge in [-0.05, 0) is 18.1 Å². The summed E-state index contributed by atoms with van der Waals surface area (Å²) in [6, 6.07) is 17.5. The molecule has 0 spiro atoms. The van der Waals surface area contributed by atoms with Crippen LogP contribution in [0.25, 0.3) is 11.1 Å². The Balaban J connectivity index is 2.33. The maximum atomic E-state index is 2.20. The van der Waals surface area contributed by atoms with Gasteiger partial charge in [0.15, 0.2) is 0 Å². The summed E-state index contributed by atoms with van der Waals surface area (Å²) in [5.41, 5.74) is 5.30. The van der Waals surface area contributed by atoms with Crippen LogP contribution in [-0.4, -0.2) is 7.85 Å². The van der Waals surface area contributed by atoms with Gasteiger partial charge in [0.25, 0.3) is 0 Å². The number of hydrogen-bond acceptors (Lipinski definition) is 0. The summed E-state index contributed by atoms with van der Waals surface area (Å²) >= 11 is 0. The van der Waals surface area contributed by atoms with Crippen LogP contribution in [0.15, 0.2) is 48.5 Å². The predicted octanol–water partition coefficient (Wildman–Crippen LogP) is 2.80. The van der Waals surface area contributed by atoms with Crippen LogP contribution < -0.4 is 0 Å². The van der Waals surface area contributed by atoms with Crippen molar-refractivity contribution in [1.82, 2.24) is 0 Å². The van der Waals surface area contributed by atoms with Crippen molar-refractivity contribution in [3.63, 3.8) is 0 Å². The van der Waals surface area contributed by atoms with Crippen molar-refractivity contribution in [3.05, 3.63) is 59.7 Å². The van der Waals surface area contributed by atoms with E-state index in [4.69, 9.17) is 0 Å². The quantitative estimate of drug-likeness (QED) is 0.645. The first kappa shape index (κ1) is 10.0. The van der Waals surface area contributed by atoms with Crippen LogP contribution in [0.2, 0.25) is 0 Å². The van der Waals surface area contributed by atoms with Gasteiger partial charge in [0, 0.05) is 0 Å². The number of benzene rings is 2. The molecule has 0 aliphatic carbocycles. The number of aryl methyl sites for hydroxylation is 1. The van der Waals surface area contributed by atoms with Crippen LogP contribution in [0, 0.1) is 6.92 Å². The molecule has 0 aromatic heterocycles. The van der Waals surface area contributed by atoms with E-state index in [-0.39, 0.29) is 0 Å². The van der Waals surface area contributed by atoms with Crippen molar-refractivity contribution in [2.24, 2.45) is 0 Å². The summed E-state index contributed by atoms with van der Waals surface area (Å²) < 4.78 is 0. The molecule has 0 saturated carbocycles. The summed E-state index contributed by atoms with van der Waals surface area (Å²) in [6.45, 7) is 2.12. The minimum atomic E-state index is 1.11. The van der Waals surface area contributed by atoms with Gasteiger partial charge in [0.1, 0.15) is 7.85 Å². The fourth-order valence-corrected chi connectivity index (χ4v) is 1.68. The molecule has 2 aromatic rings. The van der Waals surface area contributed by atoms with E-state index in [1.807, 2.05) is 0 Å². The summed E-state index contributed by atoms with van der Waals surface area (Å²) in [6.07, 6.45) is 1.11. The van der Waals surface area contributed by atoms with Crippen molar-refractivity contribution in [3.8, 4) is 11.1 Å². The Kier molecular flexibility index (Phi) is 2.91. The smallest absolute Gasteiger partial charge is 0.0592 e. The average molecular weight is 194 g/mol. The highest BCUT2D eigenvalue weighted by Gasteiger charge is 1.96. The third-order valence-electron chi connectivity index (χ3n) is 2.75. The second-order valence-corrected chi connectivity index (χ2v) is 3.92. The Hall–Kier alpha value is -1.50. The molecule has 0 N–H and O–H groups in total. The van der Waals surface area contributed by atoms with Gasteiger partial charge in [-0.25, -0.2) is 0 Å². The SMILES string of the molecule is BCc1ccc(-c2ccc(C)cc2)cc1. The first-order valence-electron chi connectivity index (χ1n) is 5.45. The topological polar surface area (TPSA) is 0 Å². The molecule has 1 heteroatoms. The van der Waals surface area contributed by atoms with Gasteiger partial charge >= 0.3 is 0 Å². The lowest BCUT2D eigenvalue weighted by Crippen LogP contribution is -1.83. The van der Waals surface area contributed by atoms with E-state index < -0.39 is 0 Å². The molecule has 74 valence electrons. The Morgan fingerprint density at radius 3 is 1.73 bits per heavy atom. The molecule has 0 bridgehead atoms. The molecule has 0 fully saturated rings. The Labute approximate surface area is 92.4 Å². The van der Waals surface area contributed by atoms with Crippen molar-refractivity contribution >= 4 is 7.85 Å². The van der Waals surface area contributed by atoms with Gasteiger partial charge in [-0.1, -0.05) is 66.0 Å². The molecular weight excluding hydrogens is 179 g/mol. The largest absolute Gasteiger partial charge is 0.107 e. The minimum Gasteiger partial charge on any atom is -0.0592 e. The second kappa shape index (κ2) is 4.35. The summed E-state index contributed by atoms with van der Waals surface area (Å²) in [4.78, 5) is 0. The fraction of sp³-hybridized carbons (Fsp3) is 0.143. The van der Waals surface area contributed by atoms with Crippen LogP contribution in [-0.2, 0) is 6.32 Å². The molecule has 0 unspecified atom stereocenters. The van der Waals surface area contributed by atoms with E-state index in [0.29, 0.717) is 0 Å². The predicted molar refractivity (Wildman–Crippen MR) is 68.9 cm³/mol. The lowest BCUT2D eigenvalue weighted by atomic mass is 9.95. The van der Waals surface area contributed by atoms with Crippen LogP contribution >= 0.6 is 0 Å². The molecular formula is C14H15B. The molecule has 0 aliphatic rings. The monoisotopic (exact) mass is 194 g/mol. The summed E-state index contributed by atoms with van der Waals surface area (Å²) in [7, 11) is 2.18. The fourth-order valence-electron chi connectivity index (χ4n) is 1.68. The third kappa shape index (κ3) is 2.30. The molecule has 2 aromatic carbocycles. The minimum absolute atomic E-state index is 1.11. The standard InChI is InChI=1S/C14H15B/c1-11-2-6-13(7-3-11)14-8-4-12(10-15)5-9-14/h2-9H,10,15H2,1H3. The van der Waals surface area contributed by atoms with E-state index in [9.17, 15) is 0 Å². The first-order chi connectivity index (χ1) is 7.29. The summed E-state index contributed by atoms with van der Waals surface area (Å²) in [5, 5.41) is 0. The van der Waals surface area contributed by atoms with Crippen LogP contribution in [0.1, 0.15) is 11.1 Å². The number of hydrogen-bond donors (Lipinski definition) is 0. The maximum Gasteiger partial charge on any atom is 0.107 e. The molecule has 0 heterocycles. The highest BCUT2D eigenvalue weighted by molar-refractivity contribution is 6.08. The van der Waals surface area contributed by atoms with Gasteiger partial charge in [0.05, 0.1) is 0 Å². The molecule has 0 atom stereocenters. The molecule has 2 rings (SSSR count). The molecule has 0 nitrogen and oxygen atoms in total. The van der Waals surface area contributed by atoms with Gasteiger partial charge in [-0.3, -0.25) is 0 Å². The highest BCUT2D eigenvalue weighted by atomic mass is 14.0. The van der Waals surface area contributed by atoms with Crippen LogP contribution in [0.5, 0.6) is 0 Å². The van der Waals surface area contributed by atoms with E-state index in [1.165, 1.54) is 22.3 Å². The lowest BCUT2D eigenvalue weighted by Gasteiger charge is -2.03. The summed E-state index contributed by atoms with van der Waals surface area (Å²) in [5.74, 6) is 0. The van der Waals surface area contributed by atoms with Gasteiger partial charge in [0.2, 0.25) is 0 Å². The van der Waals surface area contributed by atoms with Gasteiger partial charge in [-0.15, -0.1) is 0 Å². The molecule has 0 radical (unpaired) electrons. The zero-order chi connectivity index (χ0) is 10.7. The Bertz CT molecular complexity index is 426. The molecule has 0 saturated heterocycles.